The fourth-order valence-corrected chi connectivity index (χ4v) is 3.59. The van der Waals surface area contributed by atoms with Crippen molar-refractivity contribution in [1.82, 2.24) is 4.98 Å². The molecule has 0 unspecified atom stereocenters. The van der Waals surface area contributed by atoms with E-state index in [0.29, 0.717) is 41.8 Å². The SMILES string of the molecule is COc1ccccc1Nc1ncccc1C(=O)OCC(=O)N(CCC#N)c1ccc2c(c1)OCCO2. The summed E-state index contributed by atoms with van der Waals surface area (Å²) in [5.74, 6) is 0.705. The summed E-state index contributed by atoms with van der Waals surface area (Å²) in [5.41, 5.74) is 1.28. The van der Waals surface area contributed by atoms with Crippen molar-refractivity contribution in [3.8, 4) is 23.3 Å². The number of esters is 1. The quantitative estimate of drug-likeness (QED) is 0.449. The molecule has 10 heteroatoms. The molecule has 0 radical (unpaired) electrons. The topological polar surface area (TPSA) is 123 Å². The van der Waals surface area contributed by atoms with E-state index in [1.807, 2.05) is 18.2 Å². The summed E-state index contributed by atoms with van der Waals surface area (Å²) in [5, 5.41) is 12.1. The number of nitriles is 1. The minimum absolute atomic E-state index is 0.101. The standard InChI is InChI=1S/C26H24N4O6/c1-33-21-8-3-2-7-20(21)29-25-19(6-4-12-28-25)26(32)36-17-24(31)30(13-5-11-27)18-9-10-22-23(16-18)35-15-14-34-22/h2-4,6-10,12,16H,5,13-15,17H2,1H3,(H,28,29). The number of para-hydroxylation sites is 2. The van der Waals surface area contributed by atoms with E-state index in [4.69, 9.17) is 24.2 Å². The number of aromatic nitrogens is 1. The molecule has 0 bridgehead atoms. The first-order chi connectivity index (χ1) is 17.6. The molecule has 10 nitrogen and oxygen atoms in total. The lowest BCUT2D eigenvalue weighted by Gasteiger charge is -2.24. The highest BCUT2D eigenvalue weighted by Crippen LogP contribution is 2.34. The number of fused-ring (bicyclic) bond motifs is 1. The van der Waals surface area contributed by atoms with Gasteiger partial charge in [-0.05, 0) is 36.4 Å². The van der Waals surface area contributed by atoms with Crippen molar-refractivity contribution in [2.45, 2.75) is 6.42 Å². The van der Waals surface area contributed by atoms with E-state index >= 15 is 0 Å². The number of anilines is 3. The second-order valence-corrected chi connectivity index (χ2v) is 7.58. The number of ether oxygens (including phenoxy) is 4. The molecule has 1 aromatic heterocycles. The van der Waals surface area contributed by atoms with Crippen LogP contribution < -0.4 is 24.4 Å². The average Bonchev–Trinajstić information content (AvgIpc) is 2.92. The van der Waals surface area contributed by atoms with Crippen molar-refractivity contribution in [3.63, 3.8) is 0 Å². The molecule has 0 atom stereocenters. The van der Waals surface area contributed by atoms with E-state index < -0.39 is 18.5 Å². The summed E-state index contributed by atoms with van der Waals surface area (Å²) in [6, 6.07) is 17.4. The molecule has 1 aliphatic rings. The Morgan fingerprint density at radius 2 is 1.92 bits per heavy atom. The number of hydrogen-bond acceptors (Lipinski definition) is 9. The van der Waals surface area contributed by atoms with E-state index in [-0.39, 0.29) is 24.3 Å². The minimum Gasteiger partial charge on any atom is -0.495 e. The van der Waals surface area contributed by atoms with Crippen LogP contribution in [0.3, 0.4) is 0 Å². The Labute approximate surface area is 208 Å². The van der Waals surface area contributed by atoms with Crippen molar-refractivity contribution in [2.75, 3.05) is 43.7 Å². The fraction of sp³-hybridized carbons (Fsp3) is 0.231. The molecule has 4 rings (SSSR count). The third-order valence-electron chi connectivity index (χ3n) is 5.30. The van der Waals surface area contributed by atoms with Gasteiger partial charge in [-0.3, -0.25) is 4.79 Å². The summed E-state index contributed by atoms with van der Waals surface area (Å²) < 4.78 is 21.8. The molecule has 1 aliphatic heterocycles. The number of hydrogen-bond donors (Lipinski definition) is 1. The maximum absolute atomic E-state index is 13.0. The molecule has 1 amide bonds. The Bertz CT molecular complexity index is 1290. The van der Waals surface area contributed by atoms with Gasteiger partial charge < -0.3 is 29.2 Å². The maximum Gasteiger partial charge on any atom is 0.342 e. The predicted octanol–water partition coefficient (Wildman–Crippen LogP) is 3.71. The number of methoxy groups -OCH3 is 1. The summed E-state index contributed by atoms with van der Waals surface area (Å²) in [4.78, 5) is 31.5. The first-order valence-corrected chi connectivity index (χ1v) is 11.2. The Morgan fingerprint density at radius 3 is 2.72 bits per heavy atom. The van der Waals surface area contributed by atoms with Gasteiger partial charge in [0.15, 0.2) is 18.1 Å². The molecule has 2 heterocycles. The number of pyridine rings is 1. The highest BCUT2D eigenvalue weighted by molar-refractivity contribution is 5.99. The highest BCUT2D eigenvalue weighted by atomic mass is 16.6. The maximum atomic E-state index is 13.0. The third-order valence-corrected chi connectivity index (χ3v) is 5.30. The second-order valence-electron chi connectivity index (χ2n) is 7.58. The predicted molar refractivity (Wildman–Crippen MR) is 131 cm³/mol. The third kappa shape index (κ3) is 5.64. The van der Waals surface area contributed by atoms with Crippen LogP contribution in [0.15, 0.2) is 60.8 Å². The van der Waals surface area contributed by atoms with Crippen LogP contribution in [-0.2, 0) is 9.53 Å². The number of benzene rings is 2. The van der Waals surface area contributed by atoms with Crippen LogP contribution >= 0.6 is 0 Å². The summed E-state index contributed by atoms with van der Waals surface area (Å²) in [6.07, 6.45) is 1.63. The Balaban J connectivity index is 1.47. The van der Waals surface area contributed by atoms with Crippen LogP contribution in [0.5, 0.6) is 17.2 Å². The average molecular weight is 489 g/mol. The molecule has 0 fully saturated rings. The molecular weight excluding hydrogens is 464 g/mol. The van der Waals surface area contributed by atoms with Gasteiger partial charge in [0.25, 0.3) is 5.91 Å². The molecule has 36 heavy (non-hydrogen) atoms. The van der Waals surface area contributed by atoms with Gasteiger partial charge in [-0.25, -0.2) is 9.78 Å². The smallest absolute Gasteiger partial charge is 0.342 e. The van der Waals surface area contributed by atoms with Gasteiger partial charge in [-0.2, -0.15) is 5.26 Å². The minimum atomic E-state index is -0.726. The van der Waals surface area contributed by atoms with Crippen LogP contribution in [0, 0.1) is 11.3 Å². The summed E-state index contributed by atoms with van der Waals surface area (Å²) >= 11 is 0. The number of rotatable bonds is 9. The van der Waals surface area contributed by atoms with Crippen molar-refractivity contribution in [1.29, 1.82) is 5.26 Å². The zero-order valence-electron chi connectivity index (χ0n) is 19.6. The van der Waals surface area contributed by atoms with Gasteiger partial charge in [0.1, 0.15) is 30.3 Å². The summed E-state index contributed by atoms with van der Waals surface area (Å²) in [6.45, 7) is 0.444. The lowest BCUT2D eigenvalue weighted by molar-refractivity contribution is -0.121. The van der Waals surface area contributed by atoms with E-state index in [2.05, 4.69) is 10.3 Å². The first-order valence-electron chi connectivity index (χ1n) is 11.2. The van der Waals surface area contributed by atoms with Crippen LogP contribution in [0.2, 0.25) is 0 Å². The number of nitrogens with zero attached hydrogens (tertiary/aromatic N) is 3. The van der Waals surface area contributed by atoms with Gasteiger partial charge >= 0.3 is 5.97 Å². The molecule has 0 aliphatic carbocycles. The molecule has 1 N–H and O–H groups in total. The molecule has 3 aromatic rings. The van der Waals surface area contributed by atoms with Crippen molar-refractivity contribution in [3.05, 3.63) is 66.4 Å². The van der Waals surface area contributed by atoms with Crippen molar-refractivity contribution in [2.24, 2.45) is 0 Å². The van der Waals surface area contributed by atoms with Crippen molar-refractivity contribution >= 4 is 29.1 Å². The van der Waals surface area contributed by atoms with Crippen molar-refractivity contribution < 1.29 is 28.5 Å². The molecular formula is C26H24N4O6. The lowest BCUT2D eigenvalue weighted by atomic mass is 10.2. The molecule has 0 spiro atoms. The number of carbonyl (C=O) groups excluding carboxylic acids is 2. The largest absolute Gasteiger partial charge is 0.495 e. The van der Waals surface area contributed by atoms with E-state index in [1.165, 1.54) is 11.1 Å². The number of nitrogens with one attached hydrogen (secondary N) is 1. The molecule has 184 valence electrons. The monoisotopic (exact) mass is 488 g/mol. The van der Waals surface area contributed by atoms with Gasteiger partial charge in [0.05, 0.1) is 25.3 Å². The molecule has 2 aromatic carbocycles. The molecule has 0 saturated carbocycles. The second kappa shape index (κ2) is 11.6. The van der Waals surface area contributed by atoms with Crippen LogP contribution in [0.4, 0.5) is 17.2 Å². The van der Waals surface area contributed by atoms with E-state index in [9.17, 15) is 9.59 Å². The van der Waals surface area contributed by atoms with Gasteiger partial charge in [0, 0.05) is 24.5 Å². The van der Waals surface area contributed by atoms with E-state index in [1.54, 1.807) is 49.6 Å². The van der Waals surface area contributed by atoms with Crippen LogP contribution in [0.1, 0.15) is 16.8 Å². The highest BCUT2D eigenvalue weighted by Gasteiger charge is 2.22. The Hall–Kier alpha value is -4.78. The summed E-state index contributed by atoms with van der Waals surface area (Å²) in [7, 11) is 1.54. The zero-order chi connectivity index (χ0) is 25.3. The Morgan fingerprint density at radius 1 is 1.11 bits per heavy atom. The lowest BCUT2D eigenvalue weighted by Crippen LogP contribution is -2.35. The zero-order valence-corrected chi connectivity index (χ0v) is 19.6. The van der Waals surface area contributed by atoms with Crippen LogP contribution in [0.25, 0.3) is 0 Å². The first kappa shape index (κ1) is 24.3. The van der Waals surface area contributed by atoms with Gasteiger partial charge in [-0.15, -0.1) is 0 Å². The normalized spacial score (nSPS) is 11.7. The fourth-order valence-electron chi connectivity index (χ4n) is 3.59. The van der Waals surface area contributed by atoms with Crippen LogP contribution in [-0.4, -0.2) is 50.3 Å². The van der Waals surface area contributed by atoms with Gasteiger partial charge in [0.2, 0.25) is 0 Å². The molecule has 0 saturated heterocycles. The van der Waals surface area contributed by atoms with E-state index in [0.717, 1.165) is 0 Å². The number of carbonyl (C=O) groups is 2. The van der Waals surface area contributed by atoms with Gasteiger partial charge in [-0.1, -0.05) is 12.1 Å². The Kier molecular flexibility index (Phi) is 7.83. The number of amides is 1.